The van der Waals surface area contributed by atoms with E-state index < -0.39 is 5.60 Å². The van der Waals surface area contributed by atoms with E-state index in [0.717, 1.165) is 11.3 Å². The average Bonchev–Trinajstić information content (AvgIpc) is 2.85. The summed E-state index contributed by atoms with van der Waals surface area (Å²) in [4.78, 5) is 18.6. The van der Waals surface area contributed by atoms with Gasteiger partial charge in [0, 0.05) is 18.4 Å². The maximum absolute atomic E-state index is 12.6. The second kappa shape index (κ2) is 8.29. The fourth-order valence-corrected chi connectivity index (χ4v) is 2.82. The standard InChI is InChI=1S/C20H24N2O4/c1-16-7-8-17(21-12-16)11-19(23)22-9-10-25-14-20(24,13-22)15-26-18-5-3-2-4-6-18/h2-8,12,24H,9-11,13-15H2,1H3. The second-order valence-electron chi connectivity index (χ2n) is 6.70. The number of aromatic nitrogens is 1. The number of pyridine rings is 1. The van der Waals surface area contributed by atoms with Crippen molar-refractivity contribution in [1.82, 2.24) is 9.88 Å². The molecule has 1 aromatic heterocycles. The number of aliphatic hydroxyl groups is 1. The summed E-state index contributed by atoms with van der Waals surface area (Å²) in [5, 5.41) is 10.9. The summed E-state index contributed by atoms with van der Waals surface area (Å²) in [6.45, 7) is 3.15. The lowest BCUT2D eigenvalue weighted by Crippen LogP contribution is -2.50. The Morgan fingerprint density at radius 3 is 2.85 bits per heavy atom. The zero-order valence-corrected chi connectivity index (χ0v) is 14.9. The van der Waals surface area contributed by atoms with E-state index in [1.807, 2.05) is 49.4 Å². The molecule has 0 spiro atoms. The van der Waals surface area contributed by atoms with Gasteiger partial charge in [-0.25, -0.2) is 0 Å². The molecule has 1 unspecified atom stereocenters. The summed E-state index contributed by atoms with van der Waals surface area (Å²) in [6, 6.07) is 13.1. The Labute approximate surface area is 153 Å². The number of carbonyl (C=O) groups is 1. The lowest BCUT2D eigenvalue weighted by atomic mass is 10.1. The highest BCUT2D eigenvalue weighted by Crippen LogP contribution is 2.17. The number of aryl methyl sites for hydroxylation is 1. The van der Waals surface area contributed by atoms with Gasteiger partial charge >= 0.3 is 0 Å². The van der Waals surface area contributed by atoms with Crippen LogP contribution in [0.2, 0.25) is 0 Å². The number of hydrogen-bond acceptors (Lipinski definition) is 5. The molecule has 6 nitrogen and oxygen atoms in total. The van der Waals surface area contributed by atoms with Gasteiger partial charge in [0.15, 0.2) is 0 Å². The molecule has 0 saturated carbocycles. The molecule has 1 fully saturated rings. The molecule has 1 N–H and O–H groups in total. The van der Waals surface area contributed by atoms with Gasteiger partial charge in [0.05, 0.1) is 26.2 Å². The van der Waals surface area contributed by atoms with Crippen LogP contribution in [0.3, 0.4) is 0 Å². The number of carbonyl (C=O) groups excluding carboxylic acids is 1. The first kappa shape index (κ1) is 18.4. The van der Waals surface area contributed by atoms with Gasteiger partial charge in [-0.15, -0.1) is 0 Å². The van der Waals surface area contributed by atoms with Gasteiger partial charge in [-0.3, -0.25) is 9.78 Å². The molecule has 138 valence electrons. The van der Waals surface area contributed by atoms with Crippen molar-refractivity contribution in [3.8, 4) is 5.75 Å². The van der Waals surface area contributed by atoms with E-state index in [1.165, 1.54) is 0 Å². The first-order valence-corrected chi connectivity index (χ1v) is 8.71. The molecular formula is C20H24N2O4. The van der Waals surface area contributed by atoms with Crippen LogP contribution in [0.15, 0.2) is 48.7 Å². The topological polar surface area (TPSA) is 71.9 Å². The highest BCUT2D eigenvalue weighted by atomic mass is 16.5. The minimum atomic E-state index is -1.25. The van der Waals surface area contributed by atoms with Gasteiger partial charge in [-0.05, 0) is 30.7 Å². The highest BCUT2D eigenvalue weighted by Gasteiger charge is 2.35. The fraction of sp³-hybridized carbons (Fsp3) is 0.400. The van der Waals surface area contributed by atoms with Crippen LogP contribution < -0.4 is 4.74 Å². The molecule has 1 saturated heterocycles. The third-order valence-corrected chi connectivity index (χ3v) is 4.27. The van der Waals surface area contributed by atoms with Crippen molar-refractivity contribution in [2.75, 3.05) is 32.9 Å². The summed E-state index contributed by atoms with van der Waals surface area (Å²) in [5.74, 6) is 0.594. The molecule has 2 aromatic rings. The van der Waals surface area contributed by atoms with Gasteiger partial charge in [0.25, 0.3) is 0 Å². The summed E-state index contributed by atoms with van der Waals surface area (Å²) in [5.41, 5.74) is 0.523. The van der Waals surface area contributed by atoms with E-state index in [2.05, 4.69) is 4.98 Å². The summed E-state index contributed by atoms with van der Waals surface area (Å²) in [6.07, 6.45) is 1.95. The number of rotatable bonds is 5. The predicted molar refractivity (Wildman–Crippen MR) is 97.0 cm³/mol. The Balaban J connectivity index is 1.62. The Morgan fingerprint density at radius 1 is 1.31 bits per heavy atom. The van der Waals surface area contributed by atoms with Gasteiger partial charge in [-0.2, -0.15) is 0 Å². The largest absolute Gasteiger partial charge is 0.490 e. The highest BCUT2D eigenvalue weighted by molar-refractivity contribution is 5.78. The number of nitrogens with zero attached hydrogens (tertiary/aromatic N) is 2. The minimum Gasteiger partial charge on any atom is -0.490 e. The average molecular weight is 356 g/mol. The van der Waals surface area contributed by atoms with Crippen molar-refractivity contribution in [3.63, 3.8) is 0 Å². The van der Waals surface area contributed by atoms with Crippen molar-refractivity contribution in [2.24, 2.45) is 0 Å². The lowest BCUT2D eigenvalue weighted by Gasteiger charge is -2.30. The van der Waals surface area contributed by atoms with Crippen LogP contribution in [0.1, 0.15) is 11.3 Å². The molecule has 0 aliphatic carbocycles. The Bertz CT molecular complexity index is 720. The number of amides is 1. The number of para-hydroxylation sites is 1. The van der Waals surface area contributed by atoms with Gasteiger partial charge in [-0.1, -0.05) is 24.3 Å². The molecule has 26 heavy (non-hydrogen) atoms. The Hall–Kier alpha value is -2.44. The van der Waals surface area contributed by atoms with E-state index in [9.17, 15) is 9.90 Å². The van der Waals surface area contributed by atoms with E-state index in [4.69, 9.17) is 9.47 Å². The lowest BCUT2D eigenvalue weighted by molar-refractivity contribution is -0.134. The molecule has 1 aliphatic rings. The Kier molecular flexibility index (Phi) is 5.85. The molecular weight excluding hydrogens is 332 g/mol. The van der Waals surface area contributed by atoms with Crippen LogP contribution >= 0.6 is 0 Å². The van der Waals surface area contributed by atoms with Crippen LogP contribution in [0.25, 0.3) is 0 Å². The quantitative estimate of drug-likeness (QED) is 0.881. The van der Waals surface area contributed by atoms with Crippen LogP contribution in [0, 0.1) is 6.92 Å². The molecule has 1 aliphatic heterocycles. The predicted octanol–water partition coefficient (Wildman–Crippen LogP) is 1.60. The van der Waals surface area contributed by atoms with E-state index in [-0.39, 0.29) is 32.1 Å². The third kappa shape index (κ3) is 5.03. The maximum Gasteiger partial charge on any atom is 0.228 e. The van der Waals surface area contributed by atoms with Crippen molar-refractivity contribution < 1.29 is 19.4 Å². The van der Waals surface area contributed by atoms with E-state index in [1.54, 1.807) is 11.1 Å². The maximum atomic E-state index is 12.6. The first-order valence-electron chi connectivity index (χ1n) is 8.71. The van der Waals surface area contributed by atoms with Crippen molar-refractivity contribution in [1.29, 1.82) is 0 Å². The second-order valence-corrected chi connectivity index (χ2v) is 6.70. The molecule has 1 aromatic carbocycles. The van der Waals surface area contributed by atoms with Crippen LogP contribution in [-0.4, -0.2) is 59.4 Å². The summed E-state index contributed by atoms with van der Waals surface area (Å²) < 4.78 is 11.2. The van der Waals surface area contributed by atoms with Crippen molar-refractivity contribution in [3.05, 3.63) is 59.9 Å². The normalized spacial score (nSPS) is 20.5. The summed E-state index contributed by atoms with van der Waals surface area (Å²) in [7, 11) is 0. The molecule has 3 rings (SSSR count). The number of β-amino-alcohol motifs (C(OH)–C–C–N with tert-alkyl or cyclic N) is 1. The van der Waals surface area contributed by atoms with Gasteiger partial charge in [0.2, 0.25) is 5.91 Å². The zero-order valence-electron chi connectivity index (χ0n) is 14.9. The van der Waals surface area contributed by atoms with E-state index in [0.29, 0.717) is 18.9 Å². The summed E-state index contributed by atoms with van der Waals surface area (Å²) >= 11 is 0. The van der Waals surface area contributed by atoms with Gasteiger partial charge < -0.3 is 19.5 Å². The SMILES string of the molecule is Cc1ccc(CC(=O)N2CCOCC(O)(COc3ccccc3)C2)nc1. The van der Waals surface area contributed by atoms with Crippen LogP contribution in [-0.2, 0) is 16.0 Å². The number of ether oxygens (including phenoxy) is 2. The molecule has 6 heteroatoms. The van der Waals surface area contributed by atoms with Crippen molar-refractivity contribution >= 4 is 5.91 Å². The number of hydrogen-bond donors (Lipinski definition) is 1. The monoisotopic (exact) mass is 356 g/mol. The molecule has 1 amide bonds. The minimum absolute atomic E-state index is 0.0591. The third-order valence-electron chi connectivity index (χ3n) is 4.27. The molecule has 1 atom stereocenters. The van der Waals surface area contributed by atoms with E-state index >= 15 is 0 Å². The zero-order chi connectivity index (χ0) is 18.4. The van der Waals surface area contributed by atoms with Gasteiger partial charge in [0.1, 0.15) is 18.0 Å². The smallest absolute Gasteiger partial charge is 0.228 e. The fourth-order valence-electron chi connectivity index (χ4n) is 2.82. The Morgan fingerprint density at radius 2 is 2.12 bits per heavy atom. The van der Waals surface area contributed by atoms with Crippen LogP contribution in [0.4, 0.5) is 0 Å². The molecule has 0 radical (unpaired) electrons. The van der Waals surface area contributed by atoms with Crippen molar-refractivity contribution in [2.45, 2.75) is 18.9 Å². The first-order chi connectivity index (χ1) is 12.5. The van der Waals surface area contributed by atoms with Crippen LogP contribution in [0.5, 0.6) is 5.75 Å². The molecule has 2 heterocycles. The molecule has 0 bridgehead atoms. The number of benzene rings is 1.